The third-order valence-electron chi connectivity index (χ3n) is 3.13. The molecule has 104 valence electrons. The van der Waals surface area contributed by atoms with Crippen molar-refractivity contribution < 1.29 is 9.90 Å². The van der Waals surface area contributed by atoms with E-state index in [4.69, 9.17) is 0 Å². The molecular formula is C16H16BrNO2. The Morgan fingerprint density at radius 2 is 1.85 bits per heavy atom. The lowest BCUT2D eigenvalue weighted by atomic mass is 10.1. The van der Waals surface area contributed by atoms with Gasteiger partial charge < -0.3 is 10.0 Å². The second-order valence-electron chi connectivity index (χ2n) is 4.81. The third-order valence-corrected chi connectivity index (χ3v) is 3.66. The third kappa shape index (κ3) is 3.39. The van der Waals surface area contributed by atoms with Crippen LogP contribution in [0.15, 0.2) is 46.9 Å². The van der Waals surface area contributed by atoms with Crippen molar-refractivity contribution in [2.45, 2.75) is 13.5 Å². The molecule has 0 heterocycles. The van der Waals surface area contributed by atoms with Crippen LogP contribution in [0.4, 0.5) is 5.69 Å². The van der Waals surface area contributed by atoms with Gasteiger partial charge in [0.2, 0.25) is 0 Å². The number of hydrogen-bond donors (Lipinski definition) is 1. The maximum atomic E-state index is 11.3. The number of hydrogen-bond acceptors (Lipinski definition) is 2. The highest BCUT2D eigenvalue weighted by Crippen LogP contribution is 2.23. The van der Waals surface area contributed by atoms with Gasteiger partial charge in [-0.25, -0.2) is 4.79 Å². The van der Waals surface area contributed by atoms with E-state index >= 15 is 0 Å². The summed E-state index contributed by atoms with van der Waals surface area (Å²) in [4.78, 5) is 13.3. The van der Waals surface area contributed by atoms with Crippen LogP contribution in [-0.4, -0.2) is 18.1 Å². The number of carbonyl (C=O) groups is 1. The Morgan fingerprint density at radius 3 is 2.45 bits per heavy atom. The molecular weight excluding hydrogens is 318 g/mol. The predicted molar refractivity (Wildman–Crippen MR) is 84.4 cm³/mol. The first-order valence-electron chi connectivity index (χ1n) is 6.27. The molecule has 0 unspecified atom stereocenters. The molecule has 0 saturated heterocycles. The second-order valence-corrected chi connectivity index (χ2v) is 5.72. The summed E-state index contributed by atoms with van der Waals surface area (Å²) in [5.74, 6) is -0.900. The van der Waals surface area contributed by atoms with Crippen molar-refractivity contribution in [1.29, 1.82) is 0 Å². The topological polar surface area (TPSA) is 40.5 Å². The SMILES string of the molecule is Cc1ccc(C(=O)O)c(N(C)Cc2ccc(Br)cc2)c1. The van der Waals surface area contributed by atoms with Crippen LogP contribution in [0, 0.1) is 6.92 Å². The van der Waals surface area contributed by atoms with E-state index in [2.05, 4.69) is 15.9 Å². The minimum absolute atomic E-state index is 0.329. The summed E-state index contributed by atoms with van der Waals surface area (Å²) in [5.41, 5.74) is 3.25. The normalized spacial score (nSPS) is 10.3. The van der Waals surface area contributed by atoms with Gasteiger partial charge in [0.15, 0.2) is 0 Å². The molecule has 20 heavy (non-hydrogen) atoms. The van der Waals surface area contributed by atoms with Crippen molar-refractivity contribution in [3.8, 4) is 0 Å². The largest absolute Gasteiger partial charge is 0.478 e. The smallest absolute Gasteiger partial charge is 0.337 e. The summed E-state index contributed by atoms with van der Waals surface area (Å²) in [6.07, 6.45) is 0. The fraction of sp³-hybridized carbons (Fsp3) is 0.188. The molecule has 0 aromatic heterocycles. The summed E-state index contributed by atoms with van der Waals surface area (Å²) in [5, 5.41) is 9.28. The fourth-order valence-electron chi connectivity index (χ4n) is 2.09. The molecule has 0 aliphatic heterocycles. The van der Waals surface area contributed by atoms with E-state index in [1.54, 1.807) is 6.07 Å². The molecule has 0 saturated carbocycles. The average molecular weight is 334 g/mol. The Balaban J connectivity index is 2.28. The van der Waals surface area contributed by atoms with Gasteiger partial charge in [0.25, 0.3) is 0 Å². The number of rotatable bonds is 4. The number of carboxylic acids is 1. The highest BCUT2D eigenvalue weighted by atomic mass is 79.9. The van der Waals surface area contributed by atoms with E-state index in [1.807, 2.05) is 55.3 Å². The number of halogens is 1. The lowest BCUT2D eigenvalue weighted by molar-refractivity contribution is 0.0697. The molecule has 0 fully saturated rings. The van der Waals surface area contributed by atoms with E-state index in [0.29, 0.717) is 12.1 Å². The Morgan fingerprint density at radius 1 is 1.20 bits per heavy atom. The van der Waals surface area contributed by atoms with Crippen molar-refractivity contribution in [2.24, 2.45) is 0 Å². The van der Waals surface area contributed by atoms with Crippen LogP contribution < -0.4 is 4.90 Å². The standard InChI is InChI=1S/C16H16BrNO2/c1-11-3-8-14(16(19)20)15(9-11)18(2)10-12-4-6-13(17)7-5-12/h3-9H,10H2,1-2H3,(H,19,20). The van der Waals surface area contributed by atoms with Gasteiger partial charge in [-0.15, -0.1) is 0 Å². The minimum Gasteiger partial charge on any atom is -0.478 e. The highest BCUT2D eigenvalue weighted by molar-refractivity contribution is 9.10. The zero-order chi connectivity index (χ0) is 14.7. The number of aromatic carboxylic acids is 1. The quantitative estimate of drug-likeness (QED) is 0.915. The van der Waals surface area contributed by atoms with Gasteiger partial charge in [0, 0.05) is 18.1 Å². The average Bonchev–Trinajstić information content (AvgIpc) is 2.41. The molecule has 0 amide bonds. The zero-order valence-corrected chi connectivity index (χ0v) is 13.0. The molecule has 0 atom stereocenters. The number of nitrogens with zero attached hydrogens (tertiary/aromatic N) is 1. The Bertz CT molecular complexity index is 623. The van der Waals surface area contributed by atoms with Gasteiger partial charge in [0.05, 0.1) is 11.3 Å². The van der Waals surface area contributed by atoms with Crippen LogP contribution in [0.5, 0.6) is 0 Å². The van der Waals surface area contributed by atoms with Crippen LogP contribution in [0.3, 0.4) is 0 Å². The number of aryl methyl sites for hydroxylation is 1. The maximum absolute atomic E-state index is 11.3. The molecule has 2 aromatic rings. The van der Waals surface area contributed by atoms with Crippen molar-refractivity contribution in [3.63, 3.8) is 0 Å². The highest BCUT2D eigenvalue weighted by Gasteiger charge is 2.13. The molecule has 0 aliphatic rings. The molecule has 0 spiro atoms. The fourth-order valence-corrected chi connectivity index (χ4v) is 2.35. The van der Waals surface area contributed by atoms with Crippen LogP contribution in [0.2, 0.25) is 0 Å². The van der Waals surface area contributed by atoms with Crippen LogP contribution in [0.25, 0.3) is 0 Å². The molecule has 4 heteroatoms. The zero-order valence-electron chi connectivity index (χ0n) is 11.4. The van der Waals surface area contributed by atoms with Gasteiger partial charge in [-0.1, -0.05) is 34.1 Å². The number of benzene rings is 2. The molecule has 0 radical (unpaired) electrons. The van der Waals surface area contributed by atoms with Gasteiger partial charge in [0.1, 0.15) is 0 Å². The van der Waals surface area contributed by atoms with Crippen LogP contribution in [-0.2, 0) is 6.54 Å². The number of carboxylic acid groups (broad SMARTS) is 1. The Hall–Kier alpha value is -1.81. The molecule has 2 rings (SSSR count). The molecule has 0 aliphatic carbocycles. The van der Waals surface area contributed by atoms with Gasteiger partial charge in [-0.3, -0.25) is 0 Å². The Labute approximate surface area is 127 Å². The van der Waals surface area contributed by atoms with E-state index in [9.17, 15) is 9.90 Å². The second kappa shape index (κ2) is 6.09. The maximum Gasteiger partial charge on any atom is 0.337 e. The van der Waals surface area contributed by atoms with E-state index in [0.717, 1.165) is 21.3 Å². The van der Waals surface area contributed by atoms with E-state index < -0.39 is 5.97 Å². The number of anilines is 1. The predicted octanol–water partition coefficient (Wildman–Crippen LogP) is 4.09. The van der Waals surface area contributed by atoms with Crippen molar-refractivity contribution in [3.05, 3.63) is 63.6 Å². The molecule has 3 nitrogen and oxygen atoms in total. The lowest BCUT2D eigenvalue weighted by Crippen LogP contribution is -2.19. The Kier molecular flexibility index (Phi) is 4.45. The van der Waals surface area contributed by atoms with Gasteiger partial charge in [-0.2, -0.15) is 0 Å². The first-order chi connectivity index (χ1) is 9.47. The summed E-state index contributed by atoms with van der Waals surface area (Å²) in [6, 6.07) is 13.4. The lowest BCUT2D eigenvalue weighted by Gasteiger charge is -2.22. The summed E-state index contributed by atoms with van der Waals surface area (Å²) in [6.45, 7) is 2.62. The summed E-state index contributed by atoms with van der Waals surface area (Å²) >= 11 is 3.41. The first-order valence-corrected chi connectivity index (χ1v) is 7.06. The van der Waals surface area contributed by atoms with Crippen molar-refractivity contribution in [1.82, 2.24) is 0 Å². The van der Waals surface area contributed by atoms with Crippen molar-refractivity contribution >= 4 is 27.6 Å². The molecule has 2 aromatic carbocycles. The van der Waals surface area contributed by atoms with E-state index in [-0.39, 0.29) is 0 Å². The molecule has 0 bridgehead atoms. The van der Waals surface area contributed by atoms with Crippen molar-refractivity contribution in [2.75, 3.05) is 11.9 Å². The monoisotopic (exact) mass is 333 g/mol. The molecule has 1 N–H and O–H groups in total. The van der Waals surface area contributed by atoms with Gasteiger partial charge in [-0.05, 0) is 42.3 Å². The van der Waals surface area contributed by atoms with Gasteiger partial charge >= 0.3 is 5.97 Å². The summed E-state index contributed by atoms with van der Waals surface area (Å²) < 4.78 is 1.03. The first kappa shape index (κ1) is 14.6. The minimum atomic E-state index is -0.900. The van der Waals surface area contributed by atoms with Crippen LogP contribution >= 0.6 is 15.9 Å². The van der Waals surface area contributed by atoms with Crippen LogP contribution in [0.1, 0.15) is 21.5 Å². The van der Waals surface area contributed by atoms with E-state index in [1.165, 1.54) is 0 Å². The summed E-state index contributed by atoms with van der Waals surface area (Å²) in [7, 11) is 1.91.